The first-order chi connectivity index (χ1) is 4.04. The number of Topliss-reactive ketones (excluding diaryl/α,β-unsaturated/α-hetero) is 1. The van der Waals surface area contributed by atoms with E-state index in [1.165, 1.54) is 0 Å². The molecule has 1 aliphatic heterocycles. The molecule has 1 saturated heterocycles. The average Bonchev–Trinajstić information content (AvgIpc) is 1.97. The summed E-state index contributed by atoms with van der Waals surface area (Å²) in [5, 5.41) is 0. The lowest BCUT2D eigenvalue weighted by atomic mass is 9.89. The minimum absolute atomic E-state index is 0.181. The van der Waals surface area contributed by atoms with Crippen LogP contribution in [0.1, 0.15) is 20.8 Å². The van der Waals surface area contributed by atoms with E-state index >= 15 is 0 Å². The molecule has 2 nitrogen and oxygen atoms in total. The van der Waals surface area contributed by atoms with Gasteiger partial charge in [-0.15, -0.1) is 0 Å². The maximum absolute atomic E-state index is 11.1. The predicted molar refractivity (Wildman–Crippen MR) is 34.2 cm³/mol. The normalized spacial score (nSPS) is 33.2. The predicted octanol–water partition coefficient (Wildman–Crippen LogP) is 1.00. The van der Waals surface area contributed by atoms with Crippen LogP contribution in [0.25, 0.3) is 0 Å². The van der Waals surface area contributed by atoms with Crippen LogP contribution in [0.3, 0.4) is 0 Å². The zero-order valence-electron chi connectivity index (χ0n) is 6.10. The molecular weight excluding hydrogens is 116 g/mol. The van der Waals surface area contributed by atoms with Crippen LogP contribution in [0.4, 0.5) is 0 Å². The molecule has 52 valence electrons. The van der Waals surface area contributed by atoms with Crippen LogP contribution in [0.5, 0.6) is 0 Å². The van der Waals surface area contributed by atoms with Gasteiger partial charge in [-0.2, -0.15) is 0 Å². The Kier molecular flexibility index (Phi) is 1.35. The molecule has 1 unspecified atom stereocenters. The van der Waals surface area contributed by atoms with Crippen molar-refractivity contribution in [2.24, 2.45) is 5.41 Å². The van der Waals surface area contributed by atoms with Crippen LogP contribution in [-0.4, -0.2) is 18.5 Å². The maximum atomic E-state index is 11.1. The van der Waals surface area contributed by atoms with E-state index in [1.807, 2.05) is 13.8 Å². The molecule has 0 aromatic rings. The second-order valence-corrected chi connectivity index (χ2v) is 3.20. The van der Waals surface area contributed by atoms with Crippen LogP contribution >= 0.6 is 0 Å². The van der Waals surface area contributed by atoms with Crippen LogP contribution in [-0.2, 0) is 9.53 Å². The summed E-state index contributed by atoms with van der Waals surface area (Å²) < 4.78 is 5.13. The standard InChI is InChI=1S/C7H12O2/c1-5-6(8)7(2,3)4-9-5/h5H,4H2,1-3H3. The summed E-state index contributed by atoms with van der Waals surface area (Å²) in [5.41, 5.74) is -0.237. The summed E-state index contributed by atoms with van der Waals surface area (Å²) in [4.78, 5) is 11.1. The lowest BCUT2D eigenvalue weighted by Gasteiger charge is -2.10. The molecule has 0 bridgehead atoms. The third-order valence-electron chi connectivity index (χ3n) is 1.73. The molecule has 1 heterocycles. The molecule has 2 heteroatoms. The Bertz CT molecular complexity index is 138. The van der Waals surface area contributed by atoms with Gasteiger partial charge >= 0.3 is 0 Å². The summed E-state index contributed by atoms with van der Waals surface area (Å²) in [6, 6.07) is 0. The van der Waals surface area contributed by atoms with Crippen LogP contribution < -0.4 is 0 Å². The maximum Gasteiger partial charge on any atom is 0.169 e. The Morgan fingerprint density at radius 3 is 2.33 bits per heavy atom. The summed E-state index contributed by atoms with van der Waals surface area (Å²) in [6.07, 6.45) is -0.181. The first kappa shape index (κ1) is 6.75. The molecule has 9 heavy (non-hydrogen) atoms. The molecule has 0 aromatic heterocycles. The Hall–Kier alpha value is -0.370. The largest absolute Gasteiger partial charge is 0.370 e. The molecule has 0 N–H and O–H groups in total. The van der Waals surface area contributed by atoms with E-state index in [9.17, 15) is 4.79 Å². The van der Waals surface area contributed by atoms with Gasteiger partial charge in [-0.25, -0.2) is 0 Å². The topological polar surface area (TPSA) is 26.3 Å². The lowest BCUT2D eigenvalue weighted by Crippen LogP contribution is -2.24. The molecule has 1 atom stereocenters. The van der Waals surface area contributed by atoms with Crippen LogP contribution in [0.15, 0.2) is 0 Å². The fourth-order valence-electron chi connectivity index (χ4n) is 1.03. The minimum Gasteiger partial charge on any atom is -0.370 e. The second-order valence-electron chi connectivity index (χ2n) is 3.20. The van der Waals surface area contributed by atoms with Crippen molar-refractivity contribution in [3.8, 4) is 0 Å². The highest BCUT2D eigenvalue weighted by Gasteiger charge is 2.38. The number of ether oxygens (including phenoxy) is 1. The van der Waals surface area contributed by atoms with Crippen molar-refractivity contribution in [2.45, 2.75) is 26.9 Å². The summed E-state index contributed by atoms with van der Waals surface area (Å²) in [6.45, 7) is 6.21. The quantitative estimate of drug-likeness (QED) is 0.486. The molecular formula is C7H12O2. The first-order valence-corrected chi connectivity index (χ1v) is 3.20. The van der Waals surface area contributed by atoms with Gasteiger partial charge in [0.05, 0.1) is 6.61 Å². The van der Waals surface area contributed by atoms with E-state index in [4.69, 9.17) is 4.74 Å². The van der Waals surface area contributed by atoms with Gasteiger partial charge in [0.25, 0.3) is 0 Å². The van der Waals surface area contributed by atoms with E-state index in [1.54, 1.807) is 6.92 Å². The van der Waals surface area contributed by atoms with Gasteiger partial charge in [-0.3, -0.25) is 4.79 Å². The Morgan fingerprint density at radius 2 is 2.22 bits per heavy atom. The van der Waals surface area contributed by atoms with Gasteiger partial charge in [-0.1, -0.05) is 13.8 Å². The highest BCUT2D eigenvalue weighted by atomic mass is 16.5. The van der Waals surface area contributed by atoms with Gasteiger partial charge in [0.2, 0.25) is 0 Å². The van der Waals surface area contributed by atoms with Crippen molar-refractivity contribution < 1.29 is 9.53 Å². The van der Waals surface area contributed by atoms with Gasteiger partial charge in [0.15, 0.2) is 5.78 Å². The second kappa shape index (κ2) is 1.81. The van der Waals surface area contributed by atoms with Gasteiger partial charge in [0.1, 0.15) is 6.10 Å². The van der Waals surface area contributed by atoms with Gasteiger partial charge < -0.3 is 4.74 Å². The zero-order chi connectivity index (χ0) is 7.07. The number of hydrogen-bond acceptors (Lipinski definition) is 2. The molecule has 1 rings (SSSR count). The molecule has 1 aliphatic rings. The van der Waals surface area contributed by atoms with Crippen molar-refractivity contribution >= 4 is 5.78 Å². The van der Waals surface area contributed by atoms with Crippen molar-refractivity contribution in [2.75, 3.05) is 6.61 Å². The number of ketones is 1. The van der Waals surface area contributed by atoms with E-state index in [0.29, 0.717) is 6.61 Å². The van der Waals surface area contributed by atoms with Crippen LogP contribution in [0, 0.1) is 5.41 Å². The van der Waals surface area contributed by atoms with Gasteiger partial charge in [0, 0.05) is 5.41 Å². The smallest absolute Gasteiger partial charge is 0.169 e. The van der Waals surface area contributed by atoms with E-state index < -0.39 is 0 Å². The number of hydrogen-bond donors (Lipinski definition) is 0. The molecule has 1 fully saturated rings. The Balaban J connectivity index is 2.74. The molecule has 0 saturated carbocycles. The SMILES string of the molecule is CC1OCC(C)(C)C1=O. The van der Waals surface area contributed by atoms with E-state index in [2.05, 4.69) is 0 Å². The average molecular weight is 128 g/mol. The van der Waals surface area contributed by atoms with Crippen molar-refractivity contribution in [1.82, 2.24) is 0 Å². The van der Waals surface area contributed by atoms with Crippen LogP contribution in [0.2, 0.25) is 0 Å². The molecule has 0 spiro atoms. The lowest BCUT2D eigenvalue weighted by molar-refractivity contribution is -0.126. The fourth-order valence-corrected chi connectivity index (χ4v) is 1.03. The van der Waals surface area contributed by atoms with Crippen molar-refractivity contribution in [3.63, 3.8) is 0 Å². The van der Waals surface area contributed by atoms with Crippen molar-refractivity contribution in [3.05, 3.63) is 0 Å². The molecule has 0 aromatic carbocycles. The fraction of sp³-hybridized carbons (Fsp3) is 0.857. The molecule has 0 radical (unpaired) electrons. The Labute approximate surface area is 55.2 Å². The third kappa shape index (κ3) is 0.990. The summed E-state index contributed by atoms with van der Waals surface area (Å²) in [7, 11) is 0. The van der Waals surface area contributed by atoms with E-state index in [0.717, 1.165) is 0 Å². The molecule has 0 amide bonds. The zero-order valence-corrected chi connectivity index (χ0v) is 6.10. The summed E-state index contributed by atoms with van der Waals surface area (Å²) >= 11 is 0. The number of rotatable bonds is 0. The highest BCUT2D eigenvalue weighted by Crippen LogP contribution is 2.26. The van der Waals surface area contributed by atoms with Crippen molar-refractivity contribution in [1.29, 1.82) is 0 Å². The third-order valence-corrected chi connectivity index (χ3v) is 1.73. The summed E-state index contributed by atoms with van der Waals surface area (Å²) in [5.74, 6) is 0.225. The monoisotopic (exact) mass is 128 g/mol. The minimum atomic E-state index is -0.237. The Morgan fingerprint density at radius 1 is 1.67 bits per heavy atom. The molecule has 0 aliphatic carbocycles. The highest BCUT2D eigenvalue weighted by molar-refractivity contribution is 5.89. The number of carbonyl (C=O) groups is 1. The first-order valence-electron chi connectivity index (χ1n) is 3.20. The van der Waals surface area contributed by atoms with E-state index in [-0.39, 0.29) is 17.3 Å². The van der Waals surface area contributed by atoms with Gasteiger partial charge in [-0.05, 0) is 6.92 Å². The number of carbonyl (C=O) groups excluding carboxylic acids is 1.